The van der Waals surface area contributed by atoms with Crippen molar-refractivity contribution in [2.24, 2.45) is 11.8 Å². The maximum Gasteiger partial charge on any atom is 0.00141 e. The van der Waals surface area contributed by atoms with Crippen LogP contribution in [0, 0.1) is 11.8 Å². The third-order valence-corrected chi connectivity index (χ3v) is 3.37. The Balaban J connectivity index is 2.13. The standard InChI is InChI=1S/C10H12/c1-2-9-7-4-5-8(6-7)10(9)3-1/h1-2,7,9H,3-6H2. The Labute approximate surface area is 61.6 Å². The molecule has 1 saturated carbocycles. The van der Waals surface area contributed by atoms with Crippen molar-refractivity contribution in [1.29, 1.82) is 0 Å². The van der Waals surface area contributed by atoms with E-state index < -0.39 is 0 Å². The van der Waals surface area contributed by atoms with E-state index in [9.17, 15) is 0 Å². The van der Waals surface area contributed by atoms with E-state index in [1.165, 1.54) is 25.7 Å². The highest BCUT2D eigenvalue weighted by atomic mass is 14.4. The molecule has 2 unspecified atom stereocenters. The van der Waals surface area contributed by atoms with Gasteiger partial charge < -0.3 is 0 Å². The van der Waals surface area contributed by atoms with Crippen molar-refractivity contribution < 1.29 is 0 Å². The summed E-state index contributed by atoms with van der Waals surface area (Å²) in [6.45, 7) is 0. The van der Waals surface area contributed by atoms with E-state index in [1.807, 2.05) is 5.57 Å². The van der Waals surface area contributed by atoms with Crippen LogP contribution in [-0.4, -0.2) is 0 Å². The van der Waals surface area contributed by atoms with Gasteiger partial charge >= 0.3 is 0 Å². The second-order valence-electron chi connectivity index (χ2n) is 3.79. The van der Waals surface area contributed by atoms with Crippen LogP contribution in [0.15, 0.2) is 23.3 Å². The fourth-order valence-electron chi connectivity index (χ4n) is 2.89. The van der Waals surface area contributed by atoms with Gasteiger partial charge in [0.1, 0.15) is 0 Å². The Bertz CT molecular complexity index is 232. The molecule has 0 spiro atoms. The van der Waals surface area contributed by atoms with Crippen molar-refractivity contribution in [1.82, 2.24) is 0 Å². The van der Waals surface area contributed by atoms with Crippen molar-refractivity contribution in [2.45, 2.75) is 25.7 Å². The Morgan fingerprint density at radius 2 is 2.40 bits per heavy atom. The van der Waals surface area contributed by atoms with Gasteiger partial charge in [-0.1, -0.05) is 23.3 Å². The highest BCUT2D eigenvalue weighted by Gasteiger charge is 2.38. The molecule has 0 saturated heterocycles. The number of allylic oxidation sites excluding steroid dienone is 4. The molecule has 0 aromatic rings. The van der Waals surface area contributed by atoms with Crippen molar-refractivity contribution in [2.75, 3.05) is 0 Å². The summed E-state index contributed by atoms with van der Waals surface area (Å²) in [6, 6.07) is 0. The summed E-state index contributed by atoms with van der Waals surface area (Å²) in [5.74, 6) is 1.94. The summed E-state index contributed by atoms with van der Waals surface area (Å²) < 4.78 is 0. The Morgan fingerprint density at radius 1 is 1.40 bits per heavy atom. The molecule has 0 heteroatoms. The molecular weight excluding hydrogens is 120 g/mol. The number of fused-ring (bicyclic) bond motifs is 4. The molecule has 3 aliphatic carbocycles. The minimum absolute atomic E-state index is 0.906. The Kier molecular flexibility index (Phi) is 0.803. The van der Waals surface area contributed by atoms with E-state index in [1.54, 1.807) is 5.57 Å². The second kappa shape index (κ2) is 1.55. The van der Waals surface area contributed by atoms with Crippen LogP contribution in [0.1, 0.15) is 25.7 Å². The summed E-state index contributed by atoms with van der Waals surface area (Å²) in [5, 5.41) is 0. The van der Waals surface area contributed by atoms with Crippen LogP contribution in [0.4, 0.5) is 0 Å². The van der Waals surface area contributed by atoms with Gasteiger partial charge in [0, 0.05) is 5.92 Å². The van der Waals surface area contributed by atoms with Crippen LogP contribution in [-0.2, 0) is 0 Å². The normalized spacial score (nSPS) is 41.6. The van der Waals surface area contributed by atoms with E-state index in [-0.39, 0.29) is 0 Å². The molecular formula is C10H12. The molecule has 1 fully saturated rings. The van der Waals surface area contributed by atoms with E-state index in [4.69, 9.17) is 0 Å². The molecule has 0 heterocycles. The summed E-state index contributed by atoms with van der Waals surface area (Å²) in [5.41, 5.74) is 3.62. The quantitative estimate of drug-likeness (QED) is 0.444. The fourth-order valence-corrected chi connectivity index (χ4v) is 2.89. The zero-order valence-electron chi connectivity index (χ0n) is 6.14. The SMILES string of the molecule is C1=CC2C(=C3CCC2C3)C1. The van der Waals surface area contributed by atoms with Crippen LogP contribution in [0.5, 0.6) is 0 Å². The monoisotopic (exact) mass is 132 g/mol. The molecule has 0 aromatic carbocycles. The average Bonchev–Trinajstić information content (AvgIpc) is 2.60. The van der Waals surface area contributed by atoms with E-state index in [0.29, 0.717) is 0 Å². The average molecular weight is 132 g/mol. The van der Waals surface area contributed by atoms with Crippen molar-refractivity contribution in [3.8, 4) is 0 Å². The number of hydrogen-bond donors (Lipinski definition) is 0. The molecule has 0 nitrogen and oxygen atoms in total. The molecule has 0 aromatic heterocycles. The lowest BCUT2D eigenvalue weighted by atomic mass is 9.89. The number of hydrogen-bond acceptors (Lipinski definition) is 0. The minimum Gasteiger partial charge on any atom is -0.0838 e. The lowest BCUT2D eigenvalue weighted by Crippen LogP contribution is -2.05. The predicted molar refractivity (Wildman–Crippen MR) is 41.6 cm³/mol. The van der Waals surface area contributed by atoms with Gasteiger partial charge in [-0.3, -0.25) is 0 Å². The van der Waals surface area contributed by atoms with Crippen molar-refractivity contribution in [3.63, 3.8) is 0 Å². The molecule has 0 radical (unpaired) electrons. The van der Waals surface area contributed by atoms with Crippen LogP contribution in [0.2, 0.25) is 0 Å². The van der Waals surface area contributed by atoms with Crippen LogP contribution >= 0.6 is 0 Å². The predicted octanol–water partition coefficient (Wildman–Crippen LogP) is 2.67. The van der Waals surface area contributed by atoms with E-state index >= 15 is 0 Å². The zero-order valence-corrected chi connectivity index (χ0v) is 6.14. The van der Waals surface area contributed by atoms with Gasteiger partial charge in [-0.05, 0) is 31.6 Å². The zero-order chi connectivity index (χ0) is 6.55. The molecule has 10 heavy (non-hydrogen) atoms. The largest absolute Gasteiger partial charge is 0.0838 e. The Hall–Kier alpha value is -0.520. The van der Waals surface area contributed by atoms with Gasteiger partial charge in [-0.15, -0.1) is 0 Å². The maximum atomic E-state index is 2.44. The molecule has 0 amide bonds. The summed E-state index contributed by atoms with van der Waals surface area (Å²) >= 11 is 0. The molecule has 3 rings (SSSR count). The minimum atomic E-state index is 0.906. The van der Waals surface area contributed by atoms with E-state index in [2.05, 4.69) is 12.2 Å². The maximum absolute atomic E-state index is 2.44. The number of rotatable bonds is 0. The molecule has 0 N–H and O–H groups in total. The first-order chi connectivity index (χ1) is 4.95. The van der Waals surface area contributed by atoms with Gasteiger partial charge in [0.15, 0.2) is 0 Å². The second-order valence-corrected chi connectivity index (χ2v) is 3.79. The van der Waals surface area contributed by atoms with Crippen LogP contribution < -0.4 is 0 Å². The van der Waals surface area contributed by atoms with Gasteiger partial charge in [-0.25, -0.2) is 0 Å². The molecule has 52 valence electrons. The van der Waals surface area contributed by atoms with Gasteiger partial charge in [0.25, 0.3) is 0 Å². The highest BCUT2D eigenvalue weighted by Crippen LogP contribution is 2.52. The molecule has 0 aliphatic heterocycles. The van der Waals surface area contributed by atoms with Gasteiger partial charge in [0.2, 0.25) is 0 Å². The smallest absolute Gasteiger partial charge is 0.00141 e. The molecule has 2 bridgehead atoms. The van der Waals surface area contributed by atoms with Gasteiger partial charge in [0.05, 0.1) is 0 Å². The first-order valence-corrected chi connectivity index (χ1v) is 4.32. The van der Waals surface area contributed by atoms with Crippen LogP contribution in [0.3, 0.4) is 0 Å². The summed E-state index contributed by atoms with van der Waals surface area (Å²) in [4.78, 5) is 0. The highest BCUT2D eigenvalue weighted by molar-refractivity contribution is 5.37. The topological polar surface area (TPSA) is 0 Å². The third kappa shape index (κ3) is 0.448. The molecule has 3 aliphatic rings. The van der Waals surface area contributed by atoms with Crippen LogP contribution in [0.25, 0.3) is 0 Å². The van der Waals surface area contributed by atoms with Crippen molar-refractivity contribution in [3.05, 3.63) is 23.3 Å². The van der Waals surface area contributed by atoms with E-state index in [0.717, 1.165) is 11.8 Å². The molecule has 2 atom stereocenters. The van der Waals surface area contributed by atoms with Gasteiger partial charge in [-0.2, -0.15) is 0 Å². The summed E-state index contributed by atoms with van der Waals surface area (Å²) in [6.07, 6.45) is 10.4. The third-order valence-electron chi connectivity index (χ3n) is 3.37. The first-order valence-electron chi connectivity index (χ1n) is 4.32. The lowest BCUT2D eigenvalue weighted by molar-refractivity contribution is 0.477. The van der Waals surface area contributed by atoms with Crippen molar-refractivity contribution >= 4 is 0 Å². The summed E-state index contributed by atoms with van der Waals surface area (Å²) in [7, 11) is 0. The Morgan fingerprint density at radius 3 is 3.30 bits per heavy atom. The first kappa shape index (κ1) is 5.17. The fraction of sp³-hybridized carbons (Fsp3) is 0.600. The lowest BCUT2D eigenvalue weighted by Gasteiger charge is -2.15.